The van der Waals surface area contributed by atoms with Gasteiger partial charge in [-0.2, -0.15) is 11.8 Å². The van der Waals surface area contributed by atoms with E-state index in [0.717, 1.165) is 64.1 Å². The topological polar surface area (TPSA) is 36.9 Å². The molecular formula is C21H33N3OS2. The van der Waals surface area contributed by atoms with Crippen LogP contribution in [0.1, 0.15) is 26.2 Å². The van der Waals surface area contributed by atoms with Crippen LogP contribution in [0.2, 0.25) is 0 Å². The van der Waals surface area contributed by atoms with Crippen molar-refractivity contribution in [1.82, 2.24) is 10.2 Å². The van der Waals surface area contributed by atoms with Gasteiger partial charge < -0.3 is 15.0 Å². The number of aliphatic imine (C=N–C) groups is 1. The number of hydrogen-bond donors (Lipinski definition) is 1. The van der Waals surface area contributed by atoms with E-state index in [-0.39, 0.29) is 4.75 Å². The summed E-state index contributed by atoms with van der Waals surface area (Å²) < 4.78 is 5.82. The van der Waals surface area contributed by atoms with Crippen LogP contribution < -0.4 is 5.32 Å². The van der Waals surface area contributed by atoms with Gasteiger partial charge in [-0.05, 0) is 50.5 Å². The van der Waals surface area contributed by atoms with Gasteiger partial charge in [0.25, 0.3) is 0 Å². The average Bonchev–Trinajstić information content (AvgIpc) is 3.20. The Labute approximate surface area is 172 Å². The zero-order valence-electron chi connectivity index (χ0n) is 16.7. The van der Waals surface area contributed by atoms with Crippen LogP contribution in [0.5, 0.6) is 0 Å². The number of rotatable bonds is 7. The van der Waals surface area contributed by atoms with Crippen LogP contribution in [-0.4, -0.2) is 67.0 Å². The maximum absolute atomic E-state index is 5.57. The fraction of sp³-hybridized carbons (Fsp3) is 0.667. The number of hydrogen-bond acceptors (Lipinski definition) is 4. The molecule has 2 aliphatic rings. The van der Waals surface area contributed by atoms with Crippen LogP contribution in [-0.2, 0) is 4.74 Å². The van der Waals surface area contributed by atoms with Gasteiger partial charge in [-0.25, -0.2) is 0 Å². The zero-order chi connectivity index (χ0) is 19.0. The summed E-state index contributed by atoms with van der Waals surface area (Å²) >= 11 is 3.95. The minimum absolute atomic E-state index is 0.251. The molecule has 2 saturated heterocycles. The molecule has 6 heteroatoms. The van der Waals surface area contributed by atoms with Crippen LogP contribution in [0.3, 0.4) is 0 Å². The number of guanidine groups is 1. The first-order valence-electron chi connectivity index (χ1n) is 10.1. The molecule has 1 unspecified atom stereocenters. The molecule has 150 valence electrons. The Morgan fingerprint density at radius 1 is 1.30 bits per heavy atom. The highest BCUT2D eigenvalue weighted by Crippen LogP contribution is 2.34. The first-order valence-corrected chi connectivity index (χ1v) is 12.3. The van der Waals surface area contributed by atoms with Gasteiger partial charge in [-0.3, -0.25) is 4.99 Å². The number of likely N-dealkylation sites (tertiary alicyclic amines) is 1. The van der Waals surface area contributed by atoms with E-state index in [2.05, 4.69) is 53.7 Å². The smallest absolute Gasteiger partial charge is 0.193 e. The van der Waals surface area contributed by atoms with Crippen LogP contribution in [0, 0.1) is 5.92 Å². The standard InChI is InChI=1S/C21H33N3OS2/c1-3-22-20(23-17-21(26-2)10-13-25-14-11-21)24-12-9-18(15-24)16-27-19-7-5-4-6-8-19/h4-8,18H,3,9-17H2,1-2H3,(H,22,23). The summed E-state index contributed by atoms with van der Waals surface area (Å²) in [5.74, 6) is 3.02. The third-order valence-corrected chi connectivity index (χ3v) is 8.15. The van der Waals surface area contributed by atoms with Crippen molar-refractivity contribution in [2.24, 2.45) is 10.9 Å². The second kappa shape index (κ2) is 10.6. The molecule has 0 saturated carbocycles. The summed E-state index contributed by atoms with van der Waals surface area (Å²) in [6, 6.07) is 10.7. The Morgan fingerprint density at radius 2 is 2.07 bits per heavy atom. The van der Waals surface area contributed by atoms with Gasteiger partial charge in [0, 0.05) is 48.2 Å². The molecule has 4 nitrogen and oxygen atoms in total. The van der Waals surface area contributed by atoms with Crippen molar-refractivity contribution < 1.29 is 4.74 Å². The Bertz CT molecular complexity index is 590. The van der Waals surface area contributed by atoms with E-state index < -0.39 is 0 Å². The Kier molecular flexibility index (Phi) is 8.22. The van der Waals surface area contributed by atoms with Crippen LogP contribution in [0.15, 0.2) is 40.2 Å². The molecule has 1 aromatic rings. The molecule has 1 atom stereocenters. The van der Waals surface area contributed by atoms with Crippen molar-refractivity contribution in [2.75, 3.05) is 51.4 Å². The molecule has 3 rings (SSSR count). The maximum atomic E-state index is 5.57. The monoisotopic (exact) mass is 407 g/mol. The number of nitrogens with zero attached hydrogens (tertiary/aromatic N) is 2. The van der Waals surface area contributed by atoms with Gasteiger partial charge in [-0.15, -0.1) is 11.8 Å². The van der Waals surface area contributed by atoms with Gasteiger partial charge in [0.1, 0.15) is 0 Å². The normalized spacial score (nSPS) is 22.8. The number of benzene rings is 1. The van der Waals surface area contributed by atoms with Gasteiger partial charge in [0.15, 0.2) is 5.96 Å². The molecule has 0 amide bonds. The van der Waals surface area contributed by atoms with Crippen molar-refractivity contribution in [3.63, 3.8) is 0 Å². The molecule has 1 aromatic carbocycles. The second-order valence-electron chi connectivity index (χ2n) is 7.39. The molecule has 0 aliphatic carbocycles. The molecule has 0 radical (unpaired) electrons. The quantitative estimate of drug-likeness (QED) is 0.420. The zero-order valence-corrected chi connectivity index (χ0v) is 18.3. The van der Waals surface area contributed by atoms with Crippen molar-refractivity contribution in [2.45, 2.75) is 35.8 Å². The van der Waals surface area contributed by atoms with Crippen LogP contribution in [0.4, 0.5) is 0 Å². The predicted octanol–water partition coefficient (Wildman–Crippen LogP) is 3.98. The Balaban J connectivity index is 1.55. The maximum Gasteiger partial charge on any atom is 0.193 e. The molecule has 0 aromatic heterocycles. The van der Waals surface area contributed by atoms with E-state index in [4.69, 9.17) is 9.73 Å². The van der Waals surface area contributed by atoms with E-state index in [1.54, 1.807) is 0 Å². The lowest BCUT2D eigenvalue weighted by Crippen LogP contribution is -2.42. The average molecular weight is 408 g/mol. The third-order valence-electron chi connectivity index (χ3n) is 5.50. The Morgan fingerprint density at radius 3 is 2.78 bits per heavy atom. The third kappa shape index (κ3) is 6.06. The van der Waals surface area contributed by atoms with Crippen molar-refractivity contribution in [3.05, 3.63) is 30.3 Å². The molecule has 2 heterocycles. The summed E-state index contributed by atoms with van der Waals surface area (Å²) in [4.78, 5) is 8.90. The summed E-state index contributed by atoms with van der Waals surface area (Å²) in [5, 5.41) is 3.53. The molecule has 27 heavy (non-hydrogen) atoms. The van der Waals surface area contributed by atoms with Crippen molar-refractivity contribution >= 4 is 29.5 Å². The lowest BCUT2D eigenvalue weighted by molar-refractivity contribution is 0.0793. The number of ether oxygens (including phenoxy) is 1. The van der Waals surface area contributed by atoms with Gasteiger partial charge in [0.05, 0.1) is 6.54 Å². The first kappa shape index (κ1) is 20.9. The van der Waals surface area contributed by atoms with E-state index in [1.165, 1.54) is 17.1 Å². The number of nitrogens with one attached hydrogen (secondary N) is 1. The van der Waals surface area contributed by atoms with Crippen LogP contribution >= 0.6 is 23.5 Å². The summed E-state index contributed by atoms with van der Waals surface area (Å²) in [7, 11) is 0. The summed E-state index contributed by atoms with van der Waals surface area (Å²) in [6.07, 6.45) is 5.69. The van der Waals surface area contributed by atoms with Gasteiger partial charge in [0.2, 0.25) is 0 Å². The fourth-order valence-electron chi connectivity index (χ4n) is 3.71. The van der Waals surface area contributed by atoms with Crippen molar-refractivity contribution in [1.29, 1.82) is 0 Å². The highest BCUT2D eigenvalue weighted by Gasteiger charge is 2.32. The molecular weight excluding hydrogens is 374 g/mol. The van der Waals surface area contributed by atoms with E-state index >= 15 is 0 Å². The van der Waals surface area contributed by atoms with E-state index in [9.17, 15) is 0 Å². The molecule has 2 aliphatic heterocycles. The SMILES string of the molecule is CCNC(=NCC1(SC)CCOCC1)N1CCC(CSc2ccccc2)C1. The summed E-state index contributed by atoms with van der Waals surface area (Å²) in [6.45, 7) is 7.94. The minimum Gasteiger partial charge on any atom is -0.381 e. The largest absolute Gasteiger partial charge is 0.381 e. The Hall–Kier alpha value is -0.850. The van der Waals surface area contributed by atoms with Gasteiger partial charge >= 0.3 is 0 Å². The molecule has 0 spiro atoms. The molecule has 1 N–H and O–H groups in total. The van der Waals surface area contributed by atoms with Crippen LogP contribution in [0.25, 0.3) is 0 Å². The van der Waals surface area contributed by atoms with Gasteiger partial charge in [-0.1, -0.05) is 18.2 Å². The summed E-state index contributed by atoms with van der Waals surface area (Å²) in [5.41, 5.74) is 0. The van der Waals surface area contributed by atoms with E-state index in [1.807, 2.05) is 23.5 Å². The molecule has 2 fully saturated rings. The van der Waals surface area contributed by atoms with Crippen molar-refractivity contribution in [3.8, 4) is 0 Å². The second-order valence-corrected chi connectivity index (χ2v) is 9.76. The lowest BCUT2D eigenvalue weighted by atomic mass is 9.99. The highest BCUT2D eigenvalue weighted by molar-refractivity contribution is 8.00. The highest BCUT2D eigenvalue weighted by atomic mass is 32.2. The van der Waals surface area contributed by atoms with E-state index in [0.29, 0.717) is 0 Å². The predicted molar refractivity (Wildman–Crippen MR) is 119 cm³/mol. The minimum atomic E-state index is 0.251. The lowest BCUT2D eigenvalue weighted by Gasteiger charge is -2.34. The molecule has 0 bridgehead atoms. The first-order chi connectivity index (χ1) is 13.2. The number of thioether (sulfide) groups is 2. The fourth-order valence-corrected chi connectivity index (χ4v) is 5.53.